The van der Waals surface area contributed by atoms with Crippen molar-refractivity contribution in [1.82, 2.24) is 0 Å². The van der Waals surface area contributed by atoms with Gasteiger partial charge in [-0.2, -0.15) is 0 Å². The van der Waals surface area contributed by atoms with E-state index in [2.05, 4.69) is 0 Å². The fraction of sp³-hybridized carbons (Fsp3) is 0.0930. The molecule has 0 aromatic heterocycles. The Labute approximate surface area is 332 Å². The van der Waals surface area contributed by atoms with Crippen LogP contribution in [0.3, 0.4) is 0 Å². The van der Waals surface area contributed by atoms with Crippen LogP contribution in [0.5, 0.6) is 46.0 Å². The van der Waals surface area contributed by atoms with E-state index >= 15 is 0 Å². The molecule has 12 nitrogen and oxygen atoms in total. The van der Waals surface area contributed by atoms with Gasteiger partial charge >= 0.3 is 17.9 Å². The molecule has 1 atom stereocenters. The second-order valence-corrected chi connectivity index (χ2v) is 14.7. The number of hydrogen-bond acceptors (Lipinski definition) is 11. The summed E-state index contributed by atoms with van der Waals surface area (Å²) in [6.07, 6.45) is 6.01. The summed E-state index contributed by atoms with van der Waals surface area (Å²) in [5, 5.41) is 49.7. The maximum Gasteiger partial charge on any atom is 0.340 e. The molecule has 4 aliphatic heterocycles. The highest BCUT2D eigenvalue weighted by molar-refractivity contribution is 6.32. The summed E-state index contributed by atoms with van der Waals surface area (Å²) < 4.78 is 23.6. The molecule has 0 fully saturated rings. The normalized spacial score (nSPS) is 19.3. The first kappa shape index (κ1) is 35.8. The number of carbonyl (C=O) groups is 3. The maximum atomic E-state index is 12.9. The third-order valence-electron chi connectivity index (χ3n) is 10.5. The van der Waals surface area contributed by atoms with Gasteiger partial charge in [0.1, 0.15) is 51.4 Å². The van der Waals surface area contributed by atoms with Crippen LogP contribution in [0.2, 0.25) is 10.0 Å². The van der Waals surface area contributed by atoms with Crippen LogP contribution < -0.4 is 9.47 Å². The monoisotopic (exact) mass is 804 g/mol. The number of phenols is 4. The number of carbonyl (C=O) groups excluding carboxylic acids is 2. The van der Waals surface area contributed by atoms with Crippen molar-refractivity contribution in [2.24, 2.45) is 5.41 Å². The van der Waals surface area contributed by atoms with Gasteiger partial charge in [-0.1, -0.05) is 59.6 Å². The fourth-order valence-corrected chi connectivity index (χ4v) is 8.07. The molecule has 0 radical (unpaired) electrons. The summed E-state index contributed by atoms with van der Waals surface area (Å²) in [6.45, 7) is 1.53. The molecule has 1 aliphatic carbocycles. The molecular formula is C43H26Cl2O12. The molecule has 5 aliphatic rings. The van der Waals surface area contributed by atoms with Crippen LogP contribution in [0.1, 0.15) is 45.1 Å². The molecule has 10 rings (SSSR count). The average molecular weight is 806 g/mol. The zero-order valence-corrected chi connectivity index (χ0v) is 30.8. The highest BCUT2D eigenvalue weighted by atomic mass is 35.5. The second-order valence-electron chi connectivity index (χ2n) is 13.9. The molecule has 0 bridgehead atoms. The number of benzene rings is 5. The van der Waals surface area contributed by atoms with E-state index in [0.717, 1.165) is 0 Å². The summed E-state index contributed by atoms with van der Waals surface area (Å²) in [6, 6.07) is 21.6. The van der Waals surface area contributed by atoms with E-state index < -0.39 is 34.5 Å². The predicted octanol–water partition coefficient (Wildman–Crippen LogP) is 8.49. The maximum absolute atomic E-state index is 12.9. The summed E-state index contributed by atoms with van der Waals surface area (Å²) in [5.74, 6) is -1.56. The molecule has 0 saturated heterocycles. The highest BCUT2D eigenvalue weighted by Crippen LogP contribution is 2.60. The standard InChI is InChI=1S/C23H16O7.C20H10Cl2O5/c1-22(21(27)28)8-6-14-15(7-9-22)23(30-20(14)26)16-4-2-12(24)10-18(16)29-19-11-13(25)3-5-17(19)23;21-13-5-11-17(7-15(13)23)26-18-8-16(24)14(22)6-12(18)20(11)10-4-2-1-3-9(10)19(25)27-20/h2-11,24-25H,1H3,(H,27,28);1-8,23-24H. The minimum absolute atomic E-state index is 0.0409. The van der Waals surface area contributed by atoms with Crippen molar-refractivity contribution in [2.45, 2.75) is 18.1 Å². The van der Waals surface area contributed by atoms with E-state index in [1.54, 1.807) is 42.5 Å². The van der Waals surface area contributed by atoms with E-state index in [0.29, 0.717) is 39.0 Å². The largest absolute Gasteiger partial charge is 0.508 e. The van der Waals surface area contributed by atoms with E-state index in [-0.39, 0.29) is 61.6 Å². The summed E-state index contributed by atoms with van der Waals surface area (Å²) in [5.41, 5.74) is -0.501. The highest BCUT2D eigenvalue weighted by Gasteiger charge is 2.56. The first-order valence-corrected chi connectivity index (χ1v) is 17.9. The van der Waals surface area contributed by atoms with Gasteiger partial charge in [0.25, 0.3) is 0 Å². The molecule has 0 saturated carbocycles. The first-order valence-electron chi connectivity index (χ1n) is 17.2. The van der Waals surface area contributed by atoms with Crippen LogP contribution in [-0.4, -0.2) is 43.4 Å². The number of carboxylic acids is 1. The van der Waals surface area contributed by atoms with Crippen molar-refractivity contribution in [3.8, 4) is 46.0 Å². The number of phenolic OH excluding ortho intramolecular Hbond substituents is 4. The first-order chi connectivity index (χ1) is 27.2. The van der Waals surface area contributed by atoms with Gasteiger partial charge in [-0.05, 0) is 55.5 Å². The van der Waals surface area contributed by atoms with Crippen LogP contribution in [0, 0.1) is 5.41 Å². The summed E-state index contributed by atoms with van der Waals surface area (Å²) in [7, 11) is 0. The van der Waals surface area contributed by atoms with Crippen molar-refractivity contribution in [3.63, 3.8) is 0 Å². The lowest BCUT2D eigenvalue weighted by molar-refractivity contribution is -0.145. The van der Waals surface area contributed by atoms with Crippen LogP contribution in [0.4, 0.5) is 0 Å². The van der Waals surface area contributed by atoms with Crippen LogP contribution in [-0.2, 0) is 30.3 Å². The van der Waals surface area contributed by atoms with Gasteiger partial charge < -0.3 is 44.5 Å². The van der Waals surface area contributed by atoms with Gasteiger partial charge in [0, 0.05) is 57.7 Å². The number of rotatable bonds is 1. The summed E-state index contributed by atoms with van der Waals surface area (Å²) in [4.78, 5) is 37.3. The van der Waals surface area contributed by atoms with Gasteiger partial charge in [-0.25, -0.2) is 9.59 Å². The molecule has 5 aromatic rings. The minimum atomic E-state index is -1.42. The Hall–Kier alpha value is -6.89. The number of halogens is 2. The average Bonchev–Trinajstić information content (AvgIpc) is 3.53. The number of hydrogen-bond donors (Lipinski definition) is 5. The zero-order valence-electron chi connectivity index (χ0n) is 29.2. The molecule has 4 heterocycles. The number of ether oxygens (including phenoxy) is 4. The van der Waals surface area contributed by atoms with Crippen molar-refractivity contribution in [2.75, 3.05) is 0 Å². The zero-order chi connectivity index (χ0) is 40.2. The third-order valence-corrected chi connectivity index (χ3v) is 11.2. The van der Waals surface area contributed by atoms with E-state index in [1.165, 1.54) is 73.7 Å². The Bertz CT molecular complexity index is 2660. The molecule has 14 heteroatoms. The number of fused-ring (bicyclic) bond motifs is 11. The van der Waals surface area contributed by atoms with Gasteiger partial charge in [0.2, 0.25) is 0 Å². The Morgan fingerprint density at radius 1 is 0.596 bits per heavy atom. The topological polar surface area (TPSA) is 189 Å². The Morgan fingerprint density at radius 2 is 1.11 bits per heavy atom. The Morgan fingerprint density at radius 3 is 1.67 bits per heavy atom. The second kappa shape index (κ2) is 12.3. The lowest BCUT2D eigenvalue weighted by Crippen LogP contribution is -2.34. The minimum Gasteiger partial charge on any atom is -0.508 e. The smallest absolute Gasteiger partial charge is 0.340 e. The fourth-order valence-electron chi connectivity index (χ4n) is 7.75. The number of aromatic hydroxyl groups is 4. The number of esters is 2. The van der Waals surface area contributed by atoms with Gasteiger partial charge in [-0.15, -0.1) is 0 Å². The lowest BCUT2D eigenvalue weighted by atomic mass is 9.76. The number of aliphatic carboxylic acids is 1. The third kappa shape index (κ3) is 5.11. The van der Waals surface area contributed by atoms with Crippen molar-refractivity contribution in [1.29, 1.82) is 0 Å². The van der Waals surface area contributed by atoms with Crippen LogP contribution in [0.15, 0.2) is 120 Å². The summed E-state index contributed by atoms with van der Waals surface area (Å²) >= 11 is 12.3. The molecule has 284 valence electrons. The van der Waals surface area contributed by atoms with Gasteiger partial charge in [-0.3, -0.25) is 4.79 Å². The van der Waals surface area contributed by atoms with Crippen molar-refractivity contribution >= 4 is 41.1 Å². The molecular weight excluding hydrogens is 779 g/mol. The van der Waals surface area contributed by atoms with Crippen molar-refractivity contribution in [3.05, 3.63) is 164 Å². The van der Waals surface area contributed by atoms with E-state index in [1.807, 2.05) is 0 Å². The van der Waals surface area contributed by atoms with E-state index in [9.17, 15) is 39.9 Å². The quantitative estimate of drug-likeness (QED) is 0.102. The molecule has 2 spiro atoms. The van der Waals surface area contributed by atoms with Crippen LogP contribution >= 0.6 is 23.2 Å². The van der Waals surface area contributed by atoms with E-state index in [4.69, 9.17) is 42.1 Å². The SMILES string of the molecule is CC1(C(=O)O)C=CC2=C(C=C1)C1(OC2=O)c2ccc(O)cc2Oc2cc(O)ccc21.O=C1OC2(c3cc(Cl)c(O)cc3Oc3cc(O)c(Cl)cc32)c2ccccc21. The van der Waals surface area contributed by atoms with Crippen LogP contribution in [0.25, 0.3) is 0 Å². The Balaban J connectivity index is 0.000000149. The number of carboxylic acid groups (broad SMARTS) is 1. The van der Waals surface area contributed by atoms with Gasteiger partial charge in [0.05, 0.1) is 21.2 Å². The molecule has 57 heavy (non-hydrogen) atoms. The molecule has 5 aromatic carbocycles. The Kier molecular flexibility index (Phi) is 7.73. The van der Waals surface area contributed by atoms with Gasteiger partial charge in [0.15, 0.2) is 11.2 Å². The predicted molar refractivity (Wildman–Crippen MR) is 202 cm³/mol. The molecule has 5 N–H and O–H groups in total. The van der Waals surface area contributed by atoms with Crippen molar-refractivity contribution < 1.29 is 58.9 Å². The molecule has 1 unspecified atom stereocenters. The lowest BCUT2D eigenvalue weighted by Gasteiger charge is -2.37. The molecule has 0 amide bonds.